The Morgan fingerprint density at radius 2 is 0.741 bits per heavy atom. The molecule has 0 amide bonds. The first-order chi connectivity index (χ1) is 51.7. The largest absolute Gasteiger partial charge is 0.505 e. The number of hydrogen-bond acceptors (Lipinski definition) is 20. The zero-order valence-electron chi connectivity index (χ0n) is 59.4. The summed E-state index contributed by atoms with van der Waals surface area (Å²) in [7, 11) is 4.40. The fourth-order valence-electron chi connectivity index (χ4n) is 9.86. The first-order valence-electron chi connectivity index (χ1n) is 32.9. The monoisotopic (exact) mass is 1490 g/mol. The van der Waals surface area contributed by atoms with Gasteiger partial charge in [-0.2, -0.15) is 0 Å². The van der Waals surface area contributed by atoms with Crippen LogP contribution >= 0.6 is 24.4 Å². The van der Waals surface area contributed by atoms with Gasteiger partial charge in [0.15, 0.2) is 23.0 Å². The van der Waals surface area contributed by atoms with Crippen LogP contribution in [0.3, 0.4) is 0 Å². The highest BCUT2D eigenvalue weighted by Crippen LogP contribution is 2.17. The number of ether oxygens (including phenoxy) is 3. The molecule has 0 aliphatic carbocycles. The van der Waals surface area contributed by atoms with Crippen LogP contribution in [0.4, 0.5) is 0 Å². The van der Waals surface area contributed by atoms with Crippen molar-refractivity contribution in [2.75, 3.05) is 21.3 Å². The lowest BCUT2D eigenvalue weighted by molar-refractivity contribution is 0.280. The van der Waals surface area contributed by atoms with Gasteiger partial charge in [0.2, 0.25) is 0 Å². The number of methoxy groups -OCH3 is 3. The molecule has 0 bridgehead atoms. The normalized spacial score (nSPS) is 10.3. The van der Waals surface area contributed by atoms with Crippen LogP contribution in [0.1, 0.15) is 58.0 Å². The number of nitrogens with zero attached hydrogens (tertiary/aromatic N) is 17. The second-order valence-corrected chi connectivity index (χ2v) is 24.3. The van der Waals surface area contributed by atoms with E-state index in [1.807, 2.05) is 172 Å². The van der Waals surface area contributed by atoms with Crippen LogP contribution in [0.5, 0.6) is 28.7 Å². The van der Waals surface area contributed by atoms with E-state index >= 15 is 0 Å². The standard InChI is InChI=1S/C16H16N4O2.C16H16N4OS.C15H14N4O2.C15H14N4OS.C9H9NO2.C6H7NO2.CH4/c1-12-5-7-14(8-6-12)20-11-13(17-18-20)10-19-9-3-4-15(22-2)16(19)21;1-12-4-6-15(7-5-12)20-10-14(17-18-20)9-19-8-2-3-13(11-21)16(19)22;2*1-11-4-6-13(7-5-11)19-10-12(16-17-19)9-18-8-2-3-14(20)15(18)21;1-3-6-10-7-4-5-8(12-2)9(10)11;1-9-5-3-2-4-7-6(5)8;/h3-9,11H,10H2,1-2H3;2-8,10,21H,9,11H2,1H3;2*2-8,10,20H,9H2,1H3;1,4-5,7H,6H2,2H3;2-4H,1H3,(H,7,8);1H4. The van der Waals surface area contributed by atoms with Gasteiger partial charge in [0.05, 0.1) is 108 Å². The SMILES string of the molecule is C.C#CCn1cccc(OC)c1=O.COc1ccc[nH]c1=O.COc1cccn(Cc2cn(-c3ccc(C)cc3)nn2)c1=O.Cc1ccc(-n2cc(Cn3cccc(CO)c3=S)nn2)cc1.Cc1ccc(-n2cc(Cn3cccc(O)c3=O)nn2)cc1.Cc1ccc(-n2cc(Cn3cccc(O)c3=S)nn2)cc1. The number of benzene rings is 4. The van der Waals surface area contributed by atoms with E-state index in [0.717, 1.165) is 39.7 Å². The molecule has 554 valence electrons. The smallest absolute Gasteiger partial charge is 0.293 e. The molecule has 0 unspecified atom stereocenters. The molecule has 28 nitrogen and oxygen atoms in total. The molecule has 0 saturated heterocycles. The van der Waals surface area contributed by atoms with Gasteiger partial charge >= 0.3 is 0 Å². The molecule has 108 heavy (non-hydrogen) atoms. The third kappa shape index (κ3) is 22.3. The number of aliphatic hydroxyl groups is 1. The summed E-state index contributed by atoms with van der Waals surface area (Å²) >= 11 is 10.5. The number of aromatic nitrogens is 18. The van der Waals surface area contributed by atoms with Crippen LogP contribution in [0.25, 0.3) is 22.7 Å². The topological polar surface area (TPSA) is 320 Å². The highest BCUT2D eigenvalue weighted by atomic mass is 32.1. The molecule has 14 aromatic rings. The van der Waals surface area contributed by atoms with Crippen LogP contribution < -0.4 is 36.4 Å². The number of H-pyrrole nitrogens is 1. The van der Waals surface area contributed by atoms with Crippen molar-refractivity contribution in [2.45, 2.75) is 74.5 Å². The number of aliphatic hydroxyl groups excluding tert-OH is 1. The molecule has 4 aromatic carbocycles. The van der Waals surface area contributed by atoms with Gasteiger partial charge in [0, 0.05) is 42.7 Å². The van der Waals surface area contributed by atoms with Crippen molar-refractivity contribution in [2.24, 2.45) is 0 Å². The maximum absolute atomic E-state index is 12.1. The number of nitrogens with one attached hydrogen (secondary N) is 1. The third-order valence-corrected chi connectivity index (χ3v) is 16.6. The maximum atomic E-state index is 12.1. The average molecular weight is 1490 g/mol. The van der Waals surface area contributed by atoms with Gasteiger partial charge in [0.1, 0.15) is 37.8 Å². The Kier molecular flexibility index (Phi) is 29.3. The van der Waals surface area contributed by atoms with E-state index in [-0.39, 0.29) is 55.3 Å². The molecule has 0 aliphatic heterocycles. The van der Waals surface area contributed by atoms with Crippen molar-refractivity contribution in [1.82, 2.24) is 87.8 Å². The van der Waals surface area contributed by atoms with Gasteiger partial charge in [-0.05, 0) is 143 Å². The van der Waals surface area contributed by atoms with Gasteiger partial charge < -0.3 is 57.3 Å². The Bertz CT molecular complexity index is 5370. The van der Waals surface area contributed by atoms with Crippen LogP contribution in [0.15, 0.2) is 251 Å². The zero-order chi connectivity index (χ0) is 76.4. The van der Waals surface area contributed by atoms with E-state index in [4.69, 9.17) is 45.1 Å². The molecule has 0 aliphatic rings. The van der Waals surface area contributed by atoms with Crippen molar-refractivity contribution in [3.8, 4) is 63.8 Å². The van der Waals surface area contributed by atoms with Gasteiger partial charge in [-0.15, -0.1) is 26.8 Å². The highest BCUT2D eigenvalue weighted by Gasteiger charge is 2.12. The van der Waals surface area contributed by atoms with E-state index in [1.54, 1.807) is 113 Å². The summed E-state index contributed by atoms with van der Waals surface area (Å²) in [6.07, 6.45) is 22.6. The summed E-state index contributed by atoms with van der Waals surface area (Å²) in [5.74, 6) is 3.18. The van der Waals surface area contributed by atoms with Crippen LogP contribution in [-0.4, -0.2) is 124 Å². The predicted molar refractivity (Wildman–Crippen MR) is 415 cm³/mol. The second kappa shape index (κ2) is 39.4. The number of rotatable bonds is 17. The molecule has 10 heterocycles. The van der Waals surface area contributed by atoms with Gasteiger partial charge in [0.25, 0.3) is 22.2 Å². The van der Waals surface area contributed by atoms with Gasteiger partial charge in [-0.3, -0.25) is 19.2 Å². The van der Waals surface area contributed by atoms with Crippen molar-refractivity contribution in [3.63, 3.8) is 0 Å². The summed E-state index contributed by atoms with van der Waals surface area (Å²) in [6.45, 7) is 9.97. The Balaban J connectivity index is 0.000000166. The molecule has 14 rings (SSSR count). The number of hydrogen-bond donors (Lipinski definition) is 4. The number of pyridine rings is 6. The molecule has 0 spiro atoms. The van der Waals surface area contributed by atoms with E-state index in [0.29, 0.717) is 57.6 Å². The molecule has 0 fully saturated rings. The van der Waals surface area contributed by atoms with Crippen LogP contribution in [0, 0.1) is 49.3 Å². The summed E-state index contributed by atoms with van der Waals surface area (Å²) in [5.41, 5.74) is 11.2. The Hall–Kier alpha value is -13.5. The summed E-state index contributed by atoms with van der Waals surface area (Å²) < 4.78 is 30.4. The molecule has 0 radical (unpaired) electrons. The zero-order valence-corrected chi connectivity index (χ0v) is 61.0. The minimum atomic E-state index is -0.442. The molecule has 0 saturated carbocycles. The minimum Gasteiger partial charge on any atom is -0.505 e. The average Bonchev–Trinajstić information content (AvgIpc) is 1.72. The van der Waals surface area contributed by atoms with E-state index in [9.17, 15) is 34.5 Å². The van der Waals surface area contributed by atoms with Crippen molar-refractivity contribution in [3.05, 3.63) is 333 Å². The van der Waals surface area contributed by atoms with Gasteiger partial charge in [-0.1, -0.05) is 135 Å². The number of aromatic hydroxyl groups is 2. The van der Waals surface area contributed by atoms with E-state index < -0.39 is 5.56 Å². The van der Waals surface area contributed by atoms with Gasteiger partial charge in [-0.25, -0.2) is 18.7 Å². The molecule has 4 N–H and O–H groups in total. The van der Waals surface area contributed by atoms with Crippen molar-refractivity contribution < 1.29 is 29.5 Å². The quantitative estimate of drug-likeness (QED) is 0.0486. The van der Waals surface area contributed by atoms with E-state index in [1.165, 1.54) is 58.8 Å². The molecule has 0 atom stereocenters. The number of terminal acetylenes is 1. The maximum Gasteiger partial charge on any atom is 0.293 e. The van der Waals surface area contributed by atoms with Crippen molar-refractivity contribution in [1.29, 1.82) is 0 Å². The summed E-state index contributed by atoms with van der Waals surface area (Å²) in [4.78, 5) is 48.3. The minimum absolute atomic E-state index is 0. The fraction of sp³-hybridized carbons (Fsp3) is 0.179. The second-order valence-electron chi connectivity index (χ2n) is 23.5. The predicted octanol–water partition coefficient (Wildman–Crippen LogP) is 10.3. The third-order valence-electron chi connectivity index (χ3n) is 15.6. The van der Waals surface area contributed by atoms with Crippen LogP contribution in [0.2, 0.25) is 0 Å². The number of aryl methyl sites for hydroxylation is 4. The Morgan fingerprint density at radius 1 is 0.417 bits per heavy atom. The van der Waals surface area contributed by atoms with Crippen molar-refractivity contribution >= 4 is 24.4 Å². The lowest BCUT2D eigenvalue weighted by Crippen LogP contribution is -2.21. The van der Waals surface area contributed by atoms with Crippen LogP contribution in [-0.2, 0) is 39.3 Å². The lowest BCUT2D eigenvalue weighted by atomic mass is 10.2. The fourth-order valence-corrected chi connectivity index (χ4v) is 10.3. The molecular weight excluding hydrogens is 1410 g/mol. The first-order valence-corrected chi connectivity index (χ1v) is 33.7. The Morgan fingerprint density at radius 3 is 1.11 bits per heavy atom. The summed E-state index contributed by atoms with van der Waals surface area (Å²) in [6, 6.07) is 52.1. The lowest BCUT2D eigenvalue weighted by Gasteiger charge is -2.06. The molecule has 10 aromatic heterocycles. The highest BCUT2D eigenvalue weighted by molar-refractivity contribution is 7.71. The number of aromatic amines is 1. The summed E-state index contributed by atoms with van der Waals surface area (Å²) in [5, 5.41) is 61.2. The molecule has 30 heteroatoms. The Labute approximate surface area is 631 Å². The molecular formula is C78H80N18O10S2. The van der Waals surface area contributed by atoms with E-state index in [2.05, 4.69) is 52.2 Å². The first kappa shape index (κ1) is 80.2.